The largest absolute Gasteiger partial charge is 0.392 e. The molecule has 4 nitrogen and oxygen atoms in total. The van der Waals surface area contributed by atoms with Crippen LogP contribution in [0.15, 0.2) is 54.1 Å². The number of aliphatic hydroxyl groups is 2. The lowest BCUT2D eigenvalue weighted by Gasteiger charge is -2.19. The number of unbranched alkanes of at least 4 members (excludes halogenated alkanes) is 1. The summed E-state index contributed by atoms with van der Waals surface area (Å²) < 4.78 is 0. The minimum Gasteiger partial charge on any atom is -0.392 e. The molecule has 152 valence electrons. The maximum atomic E-state index is 11.7. The zero-order valence-corrected chi connectivity index (χ0v) is 17.0. The third kappa shape index (κ3) is 5.12. The summed E-state index contributed by atoms with van der Waals surface area (Å²) in [6, 6.07) is 9.62. The minimum atomic E-state index is -0.629. The minimum absolute atomic E-state index is 0.104. The number of nitrogens with zero attached hydrogens (tertiary/aromatic N) is 1. The molecule has 0 bridgehead atoms. The molecule has 1 aromatic carbocycles. The Kier molecular flexibility index (Phi) is 7.08. The van der Waals surface area contributed by atoms with E-state index in [1.165, 1.54) is 5.57 Å². The van der Waals surface area contributed by atoms with Gasteiger partial charge in [-0.2, -0.15) is 0 Å². The molecule has 0 saturated heterocycles. The number of allylic oxidation sites excluding steroid dienone is 2. The van der Waals surface area contributed by atoms with E-state index in [0.29, 0.717) is 18.3 Å². The highest BCUT2D eigenvalue weighted by Gasteiger charge is 2.43. The lowest BCUT2D eigenvalue weighted by Crippen LogP contribution is -2.21. The van der Waals surface area contributed by atoms with Crippen LogP contribution in [0.2, 0.25) is 0 Å². The van der Waals surface area contributed by atoms with Gasteiger partial charge in [-0.25, -0.2) is 0 Å². The molecule has 0 radical (unpaired) electrons. The van der Waals surface area contributed by atoms with E-state index in [0.717, 1.165) is 37.7 Å². The lowest BCUT2D eigenvalue weighted by atomic mass is 9.88. The smallest absolute Gasteiger partial charge is 0.222 e. The molecule has 3 rings (SSSR count). The van der Waals surface area contributed by atoms with Gasteiger partial charge >= 0.3 is 0 Å². The van der Waals surface area contributed by atoms with E-state index in [-0.39, 0.29) is 17.9 Å². The standard InChI is InChI=1S/C24H33NO3/c1-25(2)24(28)11-7-6-8-17-14-19-16-23(27)20(21(19)15-17)12-13-22(26)18-9-4-3-5-10-18/h3-5,9-10,12-14,19-23,26-27H,6-8,11,15-16H2,1-2H3/t19-,20+,21-,22-,23+/m0/s1. The van der Waals surface area contributed by atoms with E-state index >= 15 is 0 Å². The Bertz CT molecular complexity index is 710. The summed E-state index contributed by atoms with van der Waals surface area (Å²) in [6.45, 7) is 0. The highest BCUT2D eigenvalue weighted by Crippen LogP contribution is 2.48. The first kappa shape index (κ1) is 20.8. The molecule has 5 atom stereocenters. The molecule has 1 fully saturated rings. The Hall–Kier alpha value is -1.91. The molecule has 2 aliphatic carbocycles. The van der Waals surface area contributed by atoms with Gasteiger partial charge in [-0.1, -0.05) is 54.1 Å². The molecule has 1 saturated carbocycles. The highest BCUT2D eigenvalue weighted by atomic mass is 16.3. The zero-order chi connectivity index (χ0) is 20.1. The number of hydrogen-bond donors (Lipinski definition) is 2. The van der Waals surface area contributed by atoms with Crippen LogP contribution in [0.1, 0.15) is 50.2 Å². The Morgan fingerprint density at radius 3 is 2.71 bits per heavy atom. The average molecular weight is 384 g/mol. The van der Waals surface area contributed by atoms with Crippen molar-refractivity contribution in [2.75, 3.05) is 14.1 Å². The molecule has 2 N–H and O–H groups in total. The van der Waals surface area contributed by atoms with Crippen LogP contribution in [0.5, 0.6) is 0 Å². The molecule has 0 spiro atoms. The van der Waals surface area contributed by atoms with E-state index in [1.54, 1.807) is 19.0 Å². The summed E-state index contributed by atoms with van der Waals surface area (Å²) in [5, 5.41) is 20.9. The summed E-state index contributed by atoms with van der Waals surface area (Å²) in [4.78, 5) is 13.3. The van der Waals surface area contributed by atoms with Gasteiger partial charge in [0.1, 0.15) is 0 Å². The number of carbonyl (C=O) groups is 1. The van der Waals surface area contributed by atoms with Crippen molar-refractivity contribution in [3.63, 3.8) is 0 Å². The first-order valence-electron chi connectivity index (χ1n) is 10.4. The molecule has 0 heterocycles. The molecule has 0 aliphatic heterocycles. The van der Waals surface area contributed by atoms with Crippen LogP contribution in [0.3, 0.4) is 0 Å². The van der Waals surface area contributed by atoms with Crippen LogP contribution < -0.4 is 0 Å². The third-order valence-electron chi connectivity index (χ3n) is 6.24. The van der Waals surface area contributed by atoms with E-state index in [1.807, 2.05) is 42.5 Å². The molecule has 2 aliphatic rings. The third-order valence-corrected chi connectivity index (χ3v) is 6.24. The van der Waals surface area contributed by atoms with Gasteiger partial charge in [0.2, 0.25) is 5.91 Å². The van der Waals surface area contributed by atoms with Crippen molar-refractivity contribution in [2.45, 2.75) is 50.7 Å². The Morgan fingerprint density at radius 2 is 2.00 bits per heavy atom. The van der Waals surface area contributed by atoms with Gasteiger partial charge < -0.3 is 15.1 Å². The van der Waals surface area contributed by atoms with Crippen molar-refractivity contribution in [3.8, 4) is 0 Å². The highest BCUT2D eigenvalue weighted by molar-refractivity contribution is 5.75. The van der Waals surface area contributed by atoms with Gasteiger partial charge in [0, 0.05) is 26.4 Å². The fourth-order valence-corrected chi connectivity index (χ4v) is 4.64. The van der Waals surface area contributed by atoms with E-state index in [9.17, 15) is 15.0 Å². The van der Waals surface area contributed by atoms with Gasteiger partial charge in [-0.15, -0.1) is 0 Å². The van der Waals surface area contributed by atoms with E-state index in [4.69, 9.17) is 0 Å². The number of benzene rings is 1. The van der Waals surface area contributed by atoms with Crippen LogP contribution in [-0.4, -0.2) is 41.2 Å². The maximum absolute atomic E-state index is 11.7. The van der Waals surface area contributed by atoms with Crippen LogP contribution in [0.4, 0.5) is 0 Å². The maximum Gasteiger partial charge on any atom is 0.222 e. The normalized spacial score (nSPS) is 27.6. The second-order valence-corrected chi connectivity index (χ2v) is 8.47. The summed E-state index contributed by atoms with van der Waals surface area (Å²) in [5.41, 5.74) is 2.35. The fraction of sp³-hybridized carbons (Fsp3) is 0.542. The van der Waals surface area contributed by atoms with Crippen molar-refractivity contribution in [1.29, 1.82) is 0 Å². The number of hydrogen-bond acceptors (Lipinski definition) is 3. The molecule has 1 aromatic rings. The van der Waals surface area contributed by atoms with Crippen LogP contribution >= 0.6 is 0 Å². The van der Waals surface area contributed by atoms with E-state index < -0.39 is 6.10 Å². The molecule has 0 aromatic heterocycles. The van der Waals surface area contributed by atoms with E-state index in [2.05, 4.69) is 6.08 Å². The Balaban J connectivity index is 1.50. The Labute approximate surface area is 168 Å². The van der Waals surface area contributed by atoms with Crippen molar-refractivity contribution in [3.05, 3.63) is 59.7 Å². The topological polar surface area (TPSA) is 60.8 Å². The summed E-state index contributed by atoms with van der Waals surface area (Å²) >= 11 is 0. The summed E-state index contributed by atoms with van der Waals surface area (Å²) in [6.07, 6.45) is 10.7. The number of fused-ring (bicyclic) bond motifs is 1. The number of amides is 1. The monoisotopic (exact) mass is 383 g/mol. The number of rotatable bonds is 8. The predicted octanol–water partition coefficient (Wildman–Crippen LogP) is 3.87. The van der Waals surface area contributed by atoms with Crippen molar-refractivity contribution < 1.29 is 15.0 Å². The van der Waals surface area contributed by atoms with Crippen molar-refractivity contribution in [1.82, 2.24) is 4.90 Å². The second kappa shape index (κ2) is 9.53. The Morgan fingerprint density at radius 1 is 1.25 bits per heavy atom. The van der Waals surface area contributed by atoms with Gasteiger partial charge in [0.05, 0.1) is 12.2 Å². The SMILES string of the molecule is CN(C)C(=O)CCCCC1=C[C@H]2C[C@@H](O)[C@H](C=C[C@H](O)c3ccccc3)[C@H]2C1. The second-order valence-electron chi connectivity index (χ2n) is 8.47. The lowest BCUT2D eigenvalue weighted by molar-refractivity contribution is -0.128. The van der Waals surface area contributed by atoms with Gasteiger partial charge in [0.25, 0.3) is 0 Å². The quantitative estimate of drug-likeness (QED) is 0.529. The first-order valence-corrected chi connectivity index (χ1v) is 10.4. The zero-order valence-electron chi connectivity index (χ0n) is 17.0. The van der Waals surface area contributed by atoms with Crippen LogP contribution in [0.25, 0.3) is 0 Å². The molecule has 28 heavy (non-hydrogen) atoms. The molecule has 4 heteroatoms. The van der Waals surface area contributed by atoms with Crippen LogP contribution in [0, 0.1) is 17.8 Å². The van der Waals surface area contributed by atoms with Gasteiger partial charge in [0.15, 0.2) is 0 Å². The van der Waals surface area contributed by atoms with Gasteiger partial charge in [-0.05, 0) is 49.5 Å². The first-order chi connectivity index (χ1) is 13.5. The molecular formula is C24H33NO3. The fourth-order valence-electron chi connectivity index (χ4n) is 4.64. The van der Waals surface area contributed by atoms with Crippen molar-refractivity contribution in [2.24, 2.45) is 17.8 Å². The summed E-state index contributed by atoms with van der Waals surface area (Å²) in [7, 11) is 3.60. The molecular weight excluding hydrogens is 350 g/mol. The van der Waals surface area contributed by atoms with Crippen molar-refractivity contribution >= 4 is 5.91 Å². The average Bonchev–Trinajstić information content (AvgIpc) is 3.20. The number of carbonyl (C=O) groups excluding carboxylic acids is 1. The van der Waals surface area contributed by atoms with Crippen LogP contribution in [-0.2, 0) is 4.79 Å². The predicted molar refractivity (Wildman–Crippen MR) is 111 cm³/mol. The molecule has 0 unspecified atom stereocenters. The summed E-state index contributed by atoms with van der Waals surface area (Å²) in [5.74, 6) is 1.18. The number of aliphatic hydroxyl groups excluding tert-OH is 2. The van der Waals surface area contributed by atoms with Gasteiger partial charge in [-0.3, -0.25) is 4.79 Å². The molecule has 1 amide bonds.